The maximum atomic E-state index is 10.3. The fourth-order valence-electron chi connectivity index (χ4n) is 0.721. The average Bonchev–Trinajstić information content (AvgIpc) is 2.00. The molecular weight excluding hydrogens is 152 g/mol. The largest absolute Gasteiger partial charge is 0.370 e. The molecule has 0 aliphatic rings. The second kappa shape index (κ2) is 6.34. The maximum absolute atomic E-state index is 10.3. The van der Waals surface area contributed by atoms with Crippen LogP contribution < -0.4 is 5.73 Å². The third-order valence-electron chi connectivity index (χ3n) is 1.30. The van der Waals surface area contributed by atoms with Crippen LogP contribution in [0.1, 0.15) is 19.3 Å². The van der Waals surface area contributed by atoms with Gasteiger partial charge in [0.25, 0.3) is 0 Å². The Hall–Kier alpha value is -1.38. The summed E-state index contributed by atoms with van der Waals surface area (Å²) in [6.45, 7) is 3.48. The summed E-state index contributed by atoms with van der Waals surface area (Å²) in [5.74, 6) is -0.310. The van der Waals surface area contributed by atoms with Gasteiger partial charge in [-0.2, -0.15) is 0 Å². The zero-order valence-corrected chi connectivity index (χ0v) is 7.05. The highest BCUT2D eigenvalue weighted by Gasteiger charge is 1.95. The Labute approximate surface area is 72.5 Å². The minimum Gasteiger partial charge on any atom is -0.370 e. The van der Waals surface area contributed by atoms with E-state index in [0.29, 0.717) is 25.0 Å². The molecule has 0 saturated heterocycles. The molecule has 12 heavy (non-hydrogen) atoms. The zero-order chi connectivity index (χ0) is 9.40. The molecule has 0 spiro atoms. The molecule has 3 heteroatoms. The summed E-state index contributed by atoms with van der Waals surface area (Å²) in [5.41, 5.74) is 5.43. The van der Waals surface area contributed by atoms with Crippen LogP contribution in [0.25, 0.3) is 0 Å². The van der Waals surface area contributed by atoms with Gasteiger partial charge in [-0.05, 0) is 18.9 Å². The van der Waals surface area contributed by atoms with Gasteiger partial charge in [0.1, 0.15) is 0 Å². The first-order chi connectivity index (χ1) is 5.66. The molecule has 0 aromatic heterocycles. The number of nitrogens with two attached hydrogens (primary N) is 1. The molecule has 0 unspecified atom stereocenters. The SMILES string of the molecule is C=C/C=C\C(=N)CCCC(N)=O. The molecule has 0 aliphatic carbocycles. The molecule has 66 valence electrons. The standard InChI is InChI=1S/C9H14N2O/c1-2-3-5-8(10)6-4-7-9(11)12/h2-3,5,10H,1,4,6-7H2,(H2,11,12)/b5-3-,10-8?. The summed E-state index contributed by atoms with van der Waals surface area (Å²) in [7, 11) is 0. The Morgan fingerprint density at radius 2 is 2.17 bits per heavy atom. The lowest BCUT2D eigenvalue weighted by molar-refractivity contribution is -0.118. The predicted molar refractivity (Wildman–Crippen MR) is 50.1 cm³/mol. The molecule has 0 saturated carbocycles. The molecule has 0 heterocycles. The highest BCUT2D eigenvalue weighted by atomic mass is 16.1. The Morgan fingerprint density at radius 3 is 2.67 bits per heavy atom. The quantitative estimate of drug-likeness (QED) is 0.454. The minimum absolute atomic E-state index is 0.310. The molecule has 0 fully saturated rings. The van der Waals surface area contributed by atoms with Crippen LogP contribution in [0, 0.1) is 5.41 Å². The Balaban J connectivity index is 3.50. The van der Waals surface area contributed by atoms with Crippen LogP contribution in [0.2, 0.25) is 0 Å². The summed E-state index contributed by atoms with van der Waals surface area (Å²) >= 11 is 0. The van der Waals surface area contributed by atoms with Crippen molar-refractivity contribution in [1.29, 1.82) is 5.41 Å². The number of nitrogens with one attached hydrogen (secondary N) is 1. The van der Waals surface area contributed by atoms with E-state index in [9.17, 15) is 4.79 Å². The van der Waals surface area contributed by atoms with Crippen molar-refractivity contribution >= 4 is 11.6 Å². The summed E-state index contributed by atoms with van der Waals surface area (Å²) in [6.07, 6.45) is 6.57. The van der Waals surface area contributed by atoms with E-state index in [-0.39, 0.29) is 5.91 Å². The number of primary amides is 1. The summed E-state index contributed by atoms with van der Waals surface area (Å²) in [6, 6.07) is 0. The fourth-order valence-corrected chi connectivity index (χ4v) is 0.721. The Morgan fingerprint density at radius 1 is 1.50 bits per heavy atom. The fraction of sp³-hybridized carbons (Fsp3) is 0.333. The lowest BCUT2D eigenvalue weighted by Gasteiger charge is -1.95. The number of rotatable bonds is 6. The van der Waals surface area contributed by atoms with Crippen molar-refractivity contribution in [2.24, 2.45) is 5.73 Å². The van der Waals surface area contributed by atoms with E-state index in [1.54, 1.807) is 18.2 Å². The van der Waals surface area contributed by atoms with Gasteiger partial charge in [-0.1, -0.05) is 18.7 Å². The first-order valence-electron chi connectivity index (χ1n) is 3.81. The van der Waals surface area contributed by atoms with Crippen molar-refractivity contribution < 1.29 is 4.79 Å². The second-order valence-electron chi connectivity index (χ2n) is 2.44. The van der Waals surface area contributed by atoms with E-state index in [0.717, 1.165) is 0 Å². The summed E-state index contributed by atoms with van der Waals surface area (Å²) in [4.78, 5) is 10.3. The Kier molecular flexibility index (Phi) is 5.61. The van der Waals surface area contributed by atoms with Gasteiger partial charge in [0.15, 0.2) is 0 Å². The van der Waals surface area contributed by atoms with Gasteiger partial charge in [0, 0.05) is 12.1 Å². The monoisotopic (exact) mass is 166 g/mol. The van der Waals surface area contributed by atoms with E-state index in [1.165, 1.54) is 0 Å². The maximum Gasteiger partial charge on any atom is 0.217 e. The van der Waals surface area contributed by atoms with Gasteiger partial charge in [-0.15, -0.1) is 0 Å². The number of carbonyl (C=O) groups excluding carboxylic acids is 1. The average molecular weight is 166 g/mol. The molecule has 0 aliphatic heterocycles. The third-order valence-corrected chi connectivity index (χ3v) is 1.30. The smallest absolute Gasteiger partial charge is 0.217 e. The van der Waals surface area contributed by atoms with E-state index >= 15 is 0 Å². The normalized spacial score (nSPS) is 10.0. The van der Waals surface area contributed by atoms with E-state index in [4.69, 9.17) is 11.1 Å². The van der Waals surface area contributed by atoms with Crippen LogP contribution in [0.5, 0.6) is 0 Å². The van der Waals surface area contributed by atoms with Crippen LogP contribution in [0.4, 0.5) is 0 Å². The minimum atomic E-state index is -0.310. The van der Waals surface area contributed by atoms with Gasteiger partial charge in [-0.3, -0.25) is 4.79 Å². The lowest BCUT2D eigenvalue weighted by Crippen LogP contribution is -2.10. The number of amides is 1. The first kappa shape index (κ1) is 10.6. The van der Waals surface area contributed by atoms with Gasteiger partial charge >= 0.3 is 0 Å². The molecule has 0 rings (SSSR count). The van der Waals surface area contributed by atoms with E-state index < -0.39 is 0 Å². The molecule has 0 aromatic carbocycles. The summed E-state index contributed by atoms with van der Waals surface area (Å²) < 4.78 is 0. The van der Waals surface area contributed by atoms with Gasteiger partial charge < -0.3 is 11.1 Å². The first-order valence-corrected chi connectivity index (χ1v) is 3.81. The molecular formula is C9H14N2O. The van der Waals surface area contributed by atoms with Crippen molar-refractivity contribution in [3.63, 3.8) is 0 Å². The van der Waals surface area contributed by atoms with Crippen LogP contribution in [0.3, 0.4) is 0 Å². The predicted octanol–water partition coefficient (Wildman–Crippen LogP) is 1.40. The van der Waals surface area contributed by atoms with Gasteiger partial charge in [0.2, 0.25) is 5.91 Å². The number of hydrogen-bond acceptors (Lipinski definition) is 2. The van der Waals surface area contributed by atoms with Crippen LogP contribution in [-0.4, -0.2) is 11.6 Å². The third kappa shape index (κ3) is 6.74. The molecule has 0 bridgehead atoms. The number of carbonyl (C=O) groups is 1. The highest BCUT2D eigenvalue weighted by molar-refractivity contribution is 5.92. The number of allylic oxidation sites excluding steroid dienone is 3. The van der Waals surface area contributed by atoms with Crippen LogP contribution in [0.15, 0.2) is 24.8 Å². The van der Waals surface area contributed by atoms with Crippen molar-refractivity contribution in [3.05, 3.63) is 24.8 Å². The Bertz CT molecular complexity index is 207. The zero-order valence-electron chi connectivity index (χ0n) is 7.05. The second-order valence-corrected chi connectivity index (χ2v) is 2.44. The van der Waals surface area contributed by atoms with Crippen LogP contribution >= 0.6 is 0 Å². The van der Waals surface area contributed by atoms with Gasteiger partial charge in [-0.25, -0.2) is 0 Å². The van der Waals surface area contributed by atoms with Crippen molar-refractivity contribution in [3.8, 4) is 0 Å². The molecule has 0 atom stereocenters. The summed E-state index contributed by atoms with van der Waals surface area (Å²) in [5, 5.41) is 7.35. The van der Waals surface area contributed by atoms with Crippen LogP contribution in [-0.2, 0) is 4.79 Å². The molecule has 1 amide bonds. The topological polar surface area (TPSA) is 66.9 Å². The van der Waals surface area contributed by atoms with Crippen molar-refractivity contribution in [1.82, 2.24) is 0 Å². The van der Waals surface area contributed by atoms with E-state index in [1.807, 2.05) is 0 Å². The molecule has 3 N–H and O–H groups in total. The number of hydrogen-bond donors (Lipinski definition) is 2. The van der Waals surface area contributed by atoms with Crippen molar-refractivity contribution in [2.45, 2.75) is 19.3 Å². The molecule has 0 aromatic rings. The molecule has 0 radical (unpaired) electrons. The van der Waals surface area contributed by atoms with Crippen molar-refractivity contribution in [2.75, 3.05) is 0 Å². The van der Waals surface area contributed by atoms with Gasteiger partial charge in [0.05, 0.1) is 0 Å². The lowest BCUT2D eigenvalue weighted by atomic mass is 10.1. The molecule has 3 nitrogen and oxygen atoms in total. The highest BCUT2D eigenvalue weighted by Crippen LogP contribution is 1.96. The van der Waals surface area contributed by atoms with E-state index in [2.05, 4.69) is 6.58 Å².